The lowest BCUT2D eigenvalue weighted by atomic mass is 10.3. The molecule has 0 saturated heterocycles. The van der Waals surface area contributed by atoms with Crippen LogP contribution in [0.5, 0.6) is 5.75 Å². The van der Waals surface area contributed by atoms with Crippen molar-refractivity contribution in [1.29, 1.82) is 0 Å². The summed E-state index contributed by atoms with van der Waals surface area (Å²) in [6, 6.07) is 6.55. The van der Waals surface area contributed by atoms with Crippen LogP contribution in [0, 0.1) is 5.92 Å². The number of carbonyl (C=O) groups is 2. The van der Waals surface area contributed by atoms with Gasteiger partial charge in [-0.2, -0.15) is 0 Å². The summed E-state index contributed by atoms with van der Waals surface area (Å²) < 4.78 is 4.69. The van der Waals surface area contributed by atoms with E-state index < -0.39 is 5.43 Å². The first-order valence-electron chi connectivity index (χ1n) is 4.93. The molecule has 1 amide bonds. The van der Waals surface area contributed by atoms with Gasteiger partial charge in [0.2, 0.25) is 5.91 Å². The lowest BCUT2D eigenvalue weighted by molar-refractivity contribution is -0.117. The van der Waals surface area contributed by atoms with E-state index in [2.05, 4.69) is 10.1 Å². The summed E-state index contributed by atoms with van der Waals surface area (Å²) in [7, 11) is 0. The van der Waals surface area contributed by atoms with Gasteiger partial charge in [0.25, 0.3) is 0 Å². The molecule has 0 heterocycles. The number of amides is 1. The van der Waals surface area contributed by atoms with Crippen molar-refractivity contribution in [2.45, 2.75) is 12.8 Å². The van der Waals surface area contributed by atoms with E-state index in [0.29, 0.717) is 11.4 Å². The van der Waals surface area contributed by atoms with Crippen molar-refractivity contribution in [2.24, 2.45) is 5.92 Å². The Labute approximate surface area is 97.5 Å². The minimum atomic E-state index is -0.898. The molecular weight excluding hydrogens is 230 g/mol. The molecule has 0 radical (unpaired) electrons. The highest BCUT2D eigenvalue weighted by Gasteiger charge is 2.29. The minimum Gasteiger partial charge on any atom is -0.414 e. The SMILES string of the molecule is O=C(Cl)Oc1cccc(NC(=O)C2CC2)c1. The second kappa shape index (κ2) is 4.53. The van der Waals surface area contributed by atoms with Crippen LogP contribution in [0.2, 0.25) is 0 Å². The Balaban J connectivity index is 2.03. The Morgan fingerprint density at radius 1 is 1.38 bits per heavy atom. The highest BCUT2D eigenvalue weighted by atomic mass is 35.5. The molecule has 4 nitrogen and oxygen atoms in total. The van der Waals surface area contributed by atoms with Crippen LogP contribution < -0.4 is 10.1 Å². The molecule has 84 valence electrons. The number of carbonyl (C=O) groups excluding carboxylic acids is 2. The number of halogens is 1. The molecule has 0 unspecified atom stereocenters. The average molecular weight is 240 g/mol. The van der Waals surface area contributed by atoms with Crippen molar-refractivity contribution in [1.82, 2.24) is 0 Å². The zero-order valence-corrected chi connectivity index (χ0v) is 9.16. The third kappa shape index (κ3) is 2.97. The van der Waals surface area contributed by atoms with Crippen molar-refractivity contribution in [3.05, 3.63) is 24.3 Å². The Kier molecular flexibility index (Phi) is 3.10. The predicted molar refractivity (Wildman–Crippen MR) is 59.7 cm³/mol. The maximum Gasteiger partial charge on any atom is 0.409 e. The molecule has 1 N–H and O–H groups in total. The van der Waals surface area contributed by atoms with Crippen LogP contribution in [-0.2, 0) is 4.79 Å². The van der Waals surface area contributed by atoms with E-state index in [1.165, 1.54) is 0 Å². The van der Waals surface area contributed by atoms with Crippen LogP contribution in [0.3, 0.4) is 0 Å². The van der Waals surface area contributed by atoms with Crippen molar-refractivity contribution in [3.8, 4) is 5.75 Å². The second-order valence-electron chi connectivity index (χ2n) is 3.63. The Morgan fingerprint density at radius 3 is 2.75 bits per heavy atom. The molecular formula is C11H10ClNO3. The van der Waals surface area contributed by atoms with Gasteiger partial charge in [0.05, 0.1) is 0 Å². The summed E-state index contributed by atoms with van der Waals surface area (Å²) in [5, 5.41) is 2.74. The third-order valence-electron chi connectivity index (χ3n) is 2.25. The third-order valence-corrected chi connectivity index (χ3v) is 2.32. The zero-order valence-electron chi connectivity index (χ0n) is 8.40. The van der Waals surface area contributed by atoms with Gasteiger partial charge in [-0.05, 0) is 25.0 Å². The van der Waals surface area contributed by atoms with Gasteiger partial charge in [-0.3, -0.25) is 4.79 Å². The van der Waals surface area contributed by atoms with E-state index in [1.54, 1.807) is 24.3 Å². The molecule has 16 heavy (non-hydrogen) atoms. The van der Waals surface area contributed by atoms with Crippen molar-refractivity contribution in [2.75, 3.05) is 5.32 Å². The van der Waals surface area contributed by atoms with E-state index in [0.717, 1.165) is 12.8 Å². The molecule has 1 saturated carbocycles. The van der Waals surface area contributed by atoms with Crippen molar-refractivity contribution < 1.29 is 14.3 Å². The smallest absolute Gasteiger partial charge is 0.409 e. The van der Waals surface area contributed by atoms with Crippen LogP contribution >= 0.6 is 11.6 Å². The van der Waals surface area contributed by atoms with Crippen molar-refractivity contribution >= 4 is 28.6 Å². The van der Waals surface area contributed by atoms with Gasteiger partial charge >= 0.3 is 5.43 Å². The number of anilines is 1. The van der Waals surface area contributed by atoms with E-state index in [4.69, 9.17) is 11.6 Å². The maximum absolute atomic E-state index is 11.5. The standard InChI is InChI=1S/C11H10ClNO3/c12-11(15)16-9-3-1-2-8(6-9)13-10(14)7-4-5-7/h1-3,6-7H,4-5H2,(H,13,14). The monoisotopic (exact) mass is 239 g/mol. The van der Waals surface area contributed by atoms with Gasteiger partial charge in [0.1, 0.15) is 5.75 Å². The van der Waals surface area contributed by atoms with Gasteiger partial charge in [-0.25, -0.2) is 4.79 Å². The summed E-state index contributed by atoms with van der Waals surface area (Å²) in [6.07, 6.45) is 1.89. The van der Waals surface area contributed by atoms with Crippen LogP contribution in [-0.4, -0.2) is 11.3 Å². The normalized spacial score (nSPS) is 14.3. The number of hydrogen-bond acceptors (Lipinski definition) is 3. The number of hydrogen-bond donors (Lipinski definition) is 1. The first-order chi connectivity index (χ1) is 7.65. The molecule has 1 aliphatic rings. The second-order valence-corrected chi connectivity index (χ2v) is 3.94. The largest absolute Gasteiger partial charge is 0.414 e. The van der Waals surface area contributed by atoms with Crippen LogP contribution in [0.25, 0.3) is 0 Å². The summed E-state index contributed by atoms with van der Waals surface area (Å²) in [6.45, 7) is 0. The maximum atomic E-state index is 11.5. The number of nitrogens with one attached hydrogen (secondary N) is 1. The fraction of sp³-hybridized carbons (Fsp3) is 0.273. The lowest BCUT2D eigenvalue weighted by Crippen LogP contribution is -2.13. The highest BCUT2D eigenvalue weighted by molar-refractivity contribution is 6.61. The first-order valence-corrected chi connectivity index (χ1v) is 5.31. The fourth-order valence-electron chi connectivity index (χ4n) is 1.32. The van der Waals surface area contributed by atoms with Crippen LogP contribution in [0.4, 0.5) is 10.5 Å². The summed E-state index contributed by atoms with van der Waals surface area (Å²) >= 11 is 5.08. The first kappa shape index (κ1) is 11.0. The lowest BCUT2D eigenvalue weighted by Gasteiger charge is -2.05. The summed E-state index contributed by atoms with van der Waals surface area (Å²) in [5.74, 6) is 0.460. The van der Waals surface area contributed by atoms with Crippen LogP contribution in [0.15, 0.2) is 24.3 Å². The number of ether oxygens (including phenoxy) is 1. The average Bonchev–Trinajstić information content (AvgIpc) is 2.99. The zero-order chi connectivity index (χ0) is 11.5. The number of rotatable bonds is 3. The van der Waals surface area contributed by atoms with Gasteiger partial charge < -0.3 is 10.1 Å². The molecule has 1 fully saturated rings. The fourth-order valence-corrected chi connectivity index (χ4v) is 1.41. The highest BCUT2D eigenvalue weighted by Crippen LogP contribution is 2.30. The van der Waals surface area contributed by atoms with Gasteiger partial charge in [0.15, 0.2) is 0 Å². The van der Waals surface area contributed by atoms with Gasteiger partial charge in [-0.15, -0.1) is 0 Å². The molecule has 0 atom stereocenters. The van der Waals surface area contributed by atoms with Gasteiger partial charge in [0, 0.05) is 29.3 Å². The molecule has 0 bridgehead atoms. The molecule has 0 aliphatic heterocycles. The molecule has 1 aromatic rings. The quantitative estimate of drug-likeness (QED) is 0.826. The van der Waals surface area contributed by atoms with Crippen LogP contribution in [0.1, 0.15) is 12.8 Å². The summed E-state index contributed by atoms with van der Waals surface area (Å²) in [5.41, 5.74) is -0.294. The molecule has 2 rings (SSSR count). The molecule has 0 spiro atoms. The van der Waals surface area contributed by atoms with E-state index in [-0.39, 0.29) is 11.8 Å². The van der Waals surface area contributed by atoms with E-state index >= 15 is 0 Å². The summed E-state index contributed by atoms with van der Waals surface area (Å²) in [4.78, 5) is 22.0. The van der Waals surface area contributed by atoms with Gasteiger partial charge in [-0.1, -0.05) is 6.07 Å². The molecule has 1 aliphatic carbocycles. The Hall–Kier alpha value is -1.55. The Morgan fingerprint density at radius 2 is 2.12 bits per heavy atom. The van der Waals surface area contributed by atoms with E-state index in [1.807, 2.05) is 0 Å². The molecule has 0 aromatic heterocycles. The number of benzene rings is 1. The molecule has 1 aromatic carbocycles. The van der Waals surface area contributed by atoms with E-state index in [9.17, 15) is 9.59 Å². The predicted octanol–water partition coefficient (Wildman–Crippen LogP) is 2.77. The molecule has 5 heteroatoms. The topological polar surface area (TPSA) is 55.4 Å². The minimum absolute atomic E-state index is 0.00866. The van der Waals surface area contributed by atoms with Crippen molar-refractivity contribution in [3.63, 3.8) is 0 Å². The Bertz CT molecular complexity index is 429.